The summed E-state index contributed by atoms with van der Waals surface area (Å²) in [4.78, 5) is 41.3. The summed E-state index contributed by atoms with van der Waals surface area (Å²) in [5.74, 6) is -0.827. The number of rotatable bonds is 6. The number of aromatic nitrogens is 1. The van der Waals surface area contributed by atoms with Crippen LogP contribution in [-0.2, 0) is 25.5 Å². The molecule has 0 spiro atoms. The van der Waals surface area contributed by atoms with E-state index in [1.807, 2.05) is 0 Å². The molecule has 3 rings (SSSR count). The molecule has 1 N–H and O–H groups in total. The van der Waals surface area contributed by atoms with Crippen LogP contribution in [0.5, 0.6) is 5.75 Å². The number of hydrogen-bond acceptors (Lipinski definition) is 8. The van der Waals surface area contributed by atoms with Crippen LogP contribution in [0.2, 0.25) is 5.02 Å². The van der Waals surface area contributed by atoms with Gasteiger partial charge in [0.05, 0.1) is 31.0 Å². The molecule has 27 heavy (non-hydrogen) atoms. The molecule has 142 valence electrons. The normalized spacial score (nSPS) is 13.0. The molecule has 1 aromatic heterocycles. The van der Waals surface area contributed by atoms with Crippen molar-refractivity contribution in [2.24, 2.45) is 0 Å². The lowest BCUT2D eigenvalue weighted by Crippen LogP contribution is -2.41. The summed E-state index contributed by atoms with van der Waals surface area (Å²) in [7, 11) is 0. The number of nitrogens with zero attached hydrogens (tertiary/aromatic N) is 2. The van der Waals surface area contributed by atoms with Crippen LogP contribution in [0.4, 0.5) is 10.8 Å². The molecule has 1 aromatic carbocycles. The number of fused-ring (bicyclic) bond motifs is 1. The largest absolute Gasteiger partial charge is 0.466 e. The van der Waals surface area contributed by atoms with Gasteiger partial charge in [-0.15, -0.1) is 11.3 Å². The van der Waals surface area contributed by atoms with Crippen LogP contribution in [0.25, 0.3) is 0 Å². The molecule has 8 nitrogen and oxygen atoms in total. The van der Waals surface area contributed by atoms with E-state index in [1.54, 1.807) is 35.4 Å². The summed E-state index contributed by atoms with van der Waals surface area (Å²) in [5.41, 5.74) is 1.09. The van der Waals surface area contributed by atoms with E-state index >= 15 is 0 Å². The summed E-state index contributed by atoms with van der Waals surface area (Å²) in [6.45, 7) is 1.89. The van der Waals surface area contributed by atoms with Crippen molar-refractivity contribution in [1.29, 1.82) is 0 Å². The van der Waals surface area contributed by atoms with E-state index in [9.17, 15) is 14.4 Å². The molecule has 10 heteroatoms. The van der Waals surface area contributed by atoms with Gasteiger partial charge in [-0.25, -0.2) is 9.78 Å². The maximum Gasteiger partial charge on any atom is 0.331 e. The second-order valence-corrected chi connectivity index (χ2v) is 6.91. The van der Waals surface area contributed by atoms with Gasteiger partial charge in [0.1, 0.15) is 6.54 Å². The Morgan fingerprint density at radius 3 is 3.04 bits per heavy atom. The van der Waals surface area contributed by atoms with Gasteiger partial charge in [-0.3, -0.25) is 9.59 Å². The summed E-state index contributed by atoms with van der Waals surface area (Å²) in [5, 5.41) is 5.18. The molecule has 0 saturated heterocycles. The minimum Gasteiger partial charge on any atom is -0.466 e. The highest BCUT2D eigenvalue weighted by atomic mass is 35.5. The Morgan fingerprint density at radius 2 is 2.26 bits per heavy atom. The number of carbonyl (C=O) groups is 3. The zero-order chi connectivity index (χ0) is 19.4. The quantitative estimate of drug-likeness (QED) is 0.577. The van der Waals surface area contributed by atoms with Gasteiger partial charge in [-0.1, -0.05) is 11.6 Å². The van der Waals surface area contributed by atoms with E-state index in [0.29, 0.717) is 33.9 Å². The minimum atomic E-state index is -0.455. The number of thiazole rings is 1. The van der Waals surface area contributed by atoms with Gasteiger partial charge in [-0.05, 0) is 25.1 Å². The molecule has 0 unspecified atom stereocenters. The number of carbonyl (C=O) groups excluding carboxylic acids is 3. The monoisotopic (exact) mass is 409 g/mol. The fourth-order valence-electron chi connectivity index (χ4n) is 2.50. The van der Waals surface area contributed by atoms with Gasteiger partial charge in [0.2, 0.25) is 5.91 Å². The van der Waals surface area contributed by atoms with Gasteiger partial charge < -0.3 is 19.7 Å². The molecule has 0 saturated carbocycles. The number of esters is 2. The third-order valence-electron chi connectivity index (χ3n) is 3.57. The van der Waals surface area contributed by atoms with E-state index < -0.39 is 5.97 Å². The predicted molar refractivity (Wildman–Crippen MR) is 100 cm³/mol. The smallest absolute Gasteiger partial charge is 0.331 e. The Balaban J connectivity index is 1.63. The van der Waals surface area contributed by atoms with Crippen molar-refractivity contribution in [3.05, 3.63) is 34.3 Å². The number of ether oxygens (including phenoxy) is 2. The van der Waals surface area contributed by atoms with Crippen LogP contribution < -0.4 is 15.0 Å². The number of amides is 1. The fraction of sp³-hybridized carbons (Fsp3) is 0.294. The Morgan fingerprint density at radius 1 is 1.44 bits per heavy atom. The number of nitrogens with one attached hydrogen (secondary N) is 1. The zero-order valence-electron chi connectivity index (χ0n) is 14.4. The lowest BCUT2D eigenvalue weighted by Gasteiger charge is -2.29. The Hall–Kier alpha value is -2.65. The molecule has 2 aromatic rings. The first kappa shape index (κ1) is 19.1. The van der Waals surface area contributed by atoms with E-state index in [0.717, 1.165) is 0 Å². The average molecular weight is 410 g/mol. The number of anilines is 2. The van der Waals surface area contributed by atoms with Crippen LogP contribution >= 0.6 is 22.9 Å². The van der Waals surface area contributed by atoms with Crippen molar-refractivity contribution in [1.82, 2.24) is 4.98 Å². The third kappa shape index (κ3) is 4.95. The summed E-state index contributed by atoms with van der Waals surface area (Å²) < 4.78 is 10.0. The van der Waals surface area contributed by atoms with Gasteiger partial charge in [0.15, 0.2) is 10.9 Å². The second-order valence-electron chi connectivity index (χ2n) is 5.62. The SMILES string of the molecule is CCOC(=O)Cc1csc(NC(=O)CN2CC(=O)Oc3ccc(Cl)cc32)n1. The Labute approximate surface area is 164 Å². The molecular formula is C17H16ClN3O5S. The van der Waals surface area contributed by atoms with Gasteiger partial charge >= 0.3 is 11.9 Å². The molecule has 0 fully saturated rings. The van der Waals surface area contributed by atoms with Crippen LogP contribution in [0.3, 0.4) is 0 Å². The first-order valence-electron chi connectivity index (χ1n) is 8.09. The molecule has 1 aliphatic rings. The summed E-state index contributed by atoms with van der Waals surface area (Å²) in [6, 6.07) is 4.83. The predicted octanol–water partition coefficient (Wildman–Crippen LogP) is 2.27. The van der Waals surface area contributed by atoms with Crippen LogP contribution in [-0.4, -0.2) is 42.5 Å². The van der Waals surface area contributed by atoms with E-state index in [4.69, 9.17) is 21.1 Å². The van der Waals surface area contributed by atoms with E-state index in [2.05, 4.69) is 10.3 Å². The molecule has 0 radical (unpaired) electrons. The average Bonchev–Trinajstić information content (AvgIpc) is 3.02. The van der Waals surface area contributed by atoms with Gasteiger partial charge in [0.25, 0.3) is 0 Å². The standard InChI is InChI=1S/C17H16ClN3O5S/c1-2-25-15(23)6-11-9-27-17(19-11)20-14(22)7-21-8-16(24)26-13-4-3-10(18)5-12(13)21/h3-5,9H,2,6-8H2,1H3,(H,19,20,22). The summed E-state index contributed by atoms with van der Waals surface area (Å²) >= 11 is 7.20. The molecule has 2 heterocycles. The van der Waals surface area contributed by atoms with Crippen LogP contribution in [0, 0.1) is 0 Å². The van der Waals surface area contributed by atoms with Crippen LogP contribution in [0.1, 0.15) is 12.6 Å². The first-order valence-corrected chi connectivity index (χ1v) is 9.35. The first-order chi connectivity index (χ1) is 12.9. The van der Waals surface area contributed by atoms with Crippen molar-refractivity contribution < 1.29 is 23.9 Å². The van der Waals surface area contributed by atoms with E-state index in [-0.39, 0.29) is 31.4 Å². The van der Waals surface area contributed by atoms with E-state index in [1.165, 1.54) is 11.3 Å². The lowest BCUT2D eigenvalue weighted by atomic mass is 10.2. The molecule has 1 amide bonds. The number of halogens is 1. The fourth-order valence-corrected chi connectivity index (χ4v) is 3.39. The molecule has 0 aliphatic carbocycles. The van der Waals surface area contributed by atoms with Crippen molar-refractivity contribution in [3.8, 4) is 5.75 Å². The summed E-state index contributed by atoms with van der Waals surface area (Å²) in [6.07, 6.45) is 0.0457. The van der Waals surface area contributed by atoms with Crippen molar-refractivity contribution >= 4 is 51.6 Å². The maximum atomic E-state index is 12.4. The maximum absolute atomic E-state index is 12.4. The van der Waals surface area contributed by atoms with Gasteiger partial charge in [0, 0.05) is 10.4 Å². The van der Waals surface area contributed by atoms with Crippen LogP contribution in [0.15, 0.2) is 23.6 Å². The van der Waals surface area contributed by atoms with Crippen molar-refractivity contribution in [3.63, 3.8) is 0 Å². The molecule has 1 aliphatic heterocycles. The number of benzene rings is 1. The van der Waals surface area contributed by atoms with Crippen molar-refractivity contribution in [2.75, 3.05) is 29.9 Å². The Bertz CT molecular complexity index is 885. The highest BCUT2D eigenvalue weighted by Gasteiger charge is 2.26. The highest BCUT2D eigenvalue weighted by Crippen LogP contribution is 2.34. The lowest BCUT2D eigenvalue weighted by molar-refractivity contribution is -0.142. The third-order valence-corrected chi connectivity index (χ3v) is 4.61. The molecular weight excluding hydrogens is 394 g/mol. The topological polar surface area (TPSA) is 97.8 Å². The van der Waals surface area contributed by atoms with Gasteiger partial charge in [-0.2, -0.15) is 0 Å². The minimum absolute atomic E-state index is 0.0457. The molecule has 0 atom stereocenters. The highest BCUT2D eigenvalue weighted by molar-refractivity contribution is 7.13. The number of hydrogen-bond donors (Lipinski definition) is 1. The molecule has 0 bridgehead atoms. The van der Waals surface area contributed by atoms with Crippen molar-refractivity contribution in [2.45, 2.75) is 13.3 Å². The second kappa shape index (κ2) is 8.36. The zero-order valence-corrected chi connectivity index (χ0v) is 15.9. The Kier molecular flexibility index (Phi) is 5.92.